The van der Waals surface area contributed by atoms with Crippen molar-refractivity contribution in [1.82, 2.24) is 4.98 Å². The van der Waals surface area contributed by atoms with Gasteiger partial charge in [0.15, 0.2) is 0 Å². The van der Waals surface area contributed by atoms with Gasteiger partial charge in [0, 0.05) is 16.5 Å². The van der Waals surface area contributed by atoms with Crippen LogP contribution >= 0.6 is 8.38 Å². The Bertz CT molecular complexity index is 605. The molecule has 0 spiro atoms. The topological polar surface area (TPSA) is 116 Å². The Kier molecular flexibility index (Phi) is 2.93. The number of amides is 1. The molecule has 17 heavy (non-hydrogen) atoms. The van der Waals surface area contributed by atoms with Gasteiger partial charge >= 0.3 is 0 Å². The number of aromatic amines is 1. The Balaban J connectivity index is 2.50. The van der Waals surface area contributed by atoms with Crippen molar-refractivity contribution in [2.75, 3.05) is 0 Å². The van der Waals surface area contributed by atoms with Crippen LogP contribution in [0, 0.1) is 0 Å². The molecule has 7 heteroatoms. The fraction of sp³-hybridized carbons (Fsp3) is 0. The molecule has 2 aromatic rings. The number of primary amides is 1. The number of hydrogen-bond donors (Lipinski definition) is 4. The van der Waals surface area contributed by atoms with Crippen LogP contribution in [0.3, 0.4) is 0 Å². The largest absolute Gasteiger partial charge is 0.364 e. The molecule has 2 rings (SSSR count). The summed E-state index contributed by atoms with van der Waals surface area (Å²) in [6, 6.07) is 6.01. The minimum absolute atomic E-state index is 0.184. The number of carbonyl (C=O) groups excluding carboxylic acids is 2. The summed E-state index contributed by atoms with van der Waals surface area (Å²) in [6.07, 6.45) is 0. The number of H-pyrrole nitrogens is 1. The standard InChI is InChI=1S/C10H9N2O4P/c11-9(13)8-4-6-3-5(10(14)17(15)16)1-2-7(6)12-8/h1-4,12,15-16H,(H2,11,13). The van der Waals surface area contributed by atoms with Crippen molar-refractivity contribution in [3.8, 4) is 0 Å². The highest BCUT2D eigenvalue weighted by molar-refractivity contribution is 7.65. The molecule has 1 aromatic carbocycles. The Morgan fingerprint density at radius 3 is 2.53 bits per heavy atom. The number of fused-ring (bicyclic) bond motifs is 1. The maximum absolute atomic E-state index is 11.4. The highest BCUT2D eigenvalue weighted by Crippen LogP contribution is 2.30. The predicted molar refractivity (Wildman–Crippen MR) is 62.5 cm³/mol. The minimum Gasteiger partial charge on any atom is -0.364 e. The number of nitrogens with one attached hydrogen (secondary N) is 1. The molecule has 0 radical (unpaired) electrons. The molecule has 0 saturated carbocycles. The van der Waals surface area contributed by atoms with Gasteiger partial charge in [-0.25, -0.2) is 0 Å². The first kappa shape index (κ1) is 11.7. The first-order chi connectivity index (χ1) is 7.99. The molecule has 1 aromatic heterocycles. The Morgan fingerprint density at radius 1 is 1.24 bits per heavy atom. The van der Waals surface area contributed by atoms with Crippen LogP contribution in [0.2, 0.25) is 0 Å². The van der Waals surface area contributed by atoms with E-state index in [1.165, 1.54) is 18.2 Å². The first-order valence-electron chi connectivity index (χ1n) is 4.64. The van der Waals surface area contributed by atoms with Gasteiger partial charge in [-0.2, -0.15) is 0 Å². The van der Waals surface area contributed by atoms with Crippen LogP contribution in [0.5, 0.6) is 0 Å². The molecule has 88 valence electrons. The highest BCUT2D eigenvalue weighted by Gasteiger charge is 2.16. The van der Waals surface area contributed by atoms with E-state index in [0.29, 0.717) is 10.9 Å². The average Bonchev–Trinajstić information content (AvgIpc) is 2.70. The van der Waals surface area contributed by atoms with E-state index in [4.69, 9.17) is 15.5 Å². The van der Waals surface area contributed by atoms with E-state index >= 15 is 0 Å². The van der Waals surface area contributed by atoms with Gasteiger partial charge in [-0.3, -0.25) is 9.59 Å². The van der Waals surface area contributed by atoms with Gasteiger partial charge in [0.2, 0.25) is 13.9 Å². The van der Waals surface area contributed by atoms with E-state index in [1.54, 1.807) is 6.07 Å². The summed E-state index contributed by atoms with van der Waals surface area (Å²) in [7, 11) is -2.64. The molecule has 0 aliphatic heterocycles. The van der Waals surface area contributed by atoms with Crippen LogP contribution in [0.15, 0.2) is 24.3 Å². The lowest BCUT2D eigenvalue weighted by Crippen LogP contribution is -2.10. The minimum atomic E-state index is -2.64. The lowest BCUT2D eigenvalue weighted by Gasteiger charge is -2.00. The van der Waals surface area contributed by atoms with Gasteiger partial charge in [-0.05, 0) is 24.3 Å². The van der Waals surface area contributed by atoms with Crippen LogP contribution in [0.4, 0.5) is 0 Å². The number of aromatic nitrogens is 1. The monoisotopic (exact) mass is 252 g/mol. The quantitative estimate of drug-likeness (QED) is 0.601. The predicted octanol–water partition coefficient (Wildman–Crippen LogP) is 0.703. The van der Waals surface area contributed by atoms with Crippen LogP contribution in [0.1, 0.15) is 20.8 Å². The zero-order valence-corrected chi connectivity index (χ0v) is 9.44. The number of hydrogen-bond acceptors (Lipinski definition) is 4. The van der Waals surface area contributed by atoms with E-state index in [9.17, 15) is 9.59 Å². The smallest absolute Gasteiger partial charge is 0.265 e. The Hall–Kier alpha value is -1.75. The number of nitrogens with two attached hydrogens (primary N) is 1. The van der Waals surface area contributed by atoms with Gasteiger partial charge in [0.1, 0.15) is 5.69 Å². The molecule has 0 fully saturated rings. The number of benzene rings is 1. The third-order valence-electron chi connectivity index (χ3n) is 2.31. The highest BCUT2D eigenvalue weighted by atomic mass is 31.2. The van der Waals surface area contributed by atoms with Gasteiger partial charge in [-0.15, -0.1) is 0 Å². The first-order valence-corrected chi connectivity index (χ1v) is 5.88. The summed E-state index contributed by atoms with van der Waals surface area (Å²) in [4.78, 5) is 42.7. The molecule has 0 aliphatic carbocycles. The molecular formula is C10H9N2O4P. The van der Waals surface area contributed by atoms with E-state index in [0.717, 1.165) is 0 Å². The lowest BCUT2D eigenvalue weighted by molar-refractivity contribution is 0.0995. The van der Waals surface area contributed by atoms with Crippen molar-refractivity contribution in [2.24, 2.45) is 5.73 Å². The van der Waals surface area contributed by atoms with Crippen molar-refractivity contribution < 1.29 is 19.4 Å². The van der Waals surface area contributed by atoms with E-state index in [1.807, 2.05) is 0 Å². The van der Waals surface area contributed by atoms with Crippen molar-refractivity contribution in [2.45, 2.75) is 0 Å². The van der Waals surface area contributed by atoms with Gasteiger partial charge < -0.3 is 20.5 Å². The second-order valence-electron chi connectivity index (χ2n) is 3.44. The second kappa shape index (κ2) is 4.25. The summed E-state index contributed by atoms with van der Waals surface area (Å²) in [6.45, 7) is 0. The maximum Gasteiger partial charge on any atom is 0.265 e. The van der Waals surface area contributed by atoms with Crippen LogP contribution in [0.25, 0.3) is 10.9 Å². The van der Waals surface area contributed by atoms with E-state index in [-0.39, 0.29) is 11.3 Å². The molecule has 0 saturated heterocycles. The van der Waals surface area contributed by atoms with Crippen molar-refractivity contribution in [1.29, 1.82) is 0 Å². The molecule has 1 heterocycles. The van der Waals surface area contributed by atoms with Crippen LogP contribution in [-0.4, -0.2) is 26.2 Å². The number of carbonyl (C=O) groups is 2. The van der Waals surface area contributed by atoms with Gasteiger partial charge in [0.05, 0.1) is 0 Å². The summed E-state index contributed by atoms with van der Waals surface area (Å²) >= 11 is 0. The zero-order chi connectivity index (χ0) is 12.6. The molecule has 6 nitrogen and oxygen atoms in total. The molecule has 0 aliphatic rings. The summed E-state index contributed by atoms with van der Waals surface area (Å²) in [5, 5.41) is 0.613. The third kappa shape index (κ3) is 2.19. The fourth-order valence-corrected chi connectivity index (χ4v) is 1.88. The van der Waals surface area contributed by atoms with Gasteiger partial charge in [0.25, 0.3) is 5.91 Å². The molecule has 5 N–H and O–H groups in total. The molecule has 0 unspecified atom stereocenters. The Labute approximate surface area is 97.0 Å². The van der Waals surface area contributed by atoms with E-state index < -0.39 is 19.8 Å². The van der Waals surface area contributed by atoms with Gasteiger partial charge in [-0.1, -0.05) is 0 Å². The lowest BCUT2D eigenvalue weighted by atomic mass is 10.2. The number of rotatable bonds is 3. The zero-order valence-electron chi connectivity index (χ0n) is 8.54. The average molecular weight is 252 g/mol. The maximum atomic E-state index is 11.4. The second-order valence-corrected chi connectivity index (χ2v) is 4.43. The van der Waals surface area contributed by atoms with Crippen molar-refractivity contribution in [3.05, 3.63) is 35.5 Å². The fourth-order valence-electron chi connectivity index (χ4n) is 1.51. The van der Waals surface area contributed by atoms with E-state index in [2.05, 4.69) is 4.98 Å². The molecule has 0 bridgehead atoms. The van der Waals surface area contributed by atoms with Crippen LogP contribution in [-0.2, 0) is 0 Å². The van der Waals surface area contributed by atoms with Crippen molar-refractivity contribution >= 4 is 30.7 Å². The summed E-state index contributed by atoms with van der Waals surface area (Å²) in [5.74, 6) is -0.597. The SMILES string of the molecule is NC(=O)c1cc2cc(C(=O)P(O)O)ccc2[nH]1. The molecular weight excluding hydrogens is 243 g/mol. The summed E-state index contributed by atoms with van der Waals surface area (Å²) in [5.41, 5.74) is 5.45. The normalized spacial score (nSPS) is 11.0. The molecule has 1 amide bonds. The molecule has 0 atom stereocenters. The van der Waals surface area contributed by atoms with Crippen LogP contribution < -0.4 is 5.73 Å². The van der Waals surface area contributed by atoms with Crippen molar-refractivity contribution in [3.63, 3.8) is 0 Å². The Morgan fingerprint density at radius 2 is 1.94 bits per heavy atom. The summed E-state index contributed by atoms with van der Waals surface area (Å²) < 4.78 is 0. The third-order valence-corrected chi connectivity index (χ3v) is 2.94.